The number of likely N-dealkylation sites (N-methyl/N-ethyl adjacent to an activating group) is 1. The van der Waals surface area contributed by atoms with Crippen molar-refractivity contribution < 1.29 is 14.3 Å². The Kier molecular flexibility index (Phi) is 5.99. The zero-order chi connectivity index (χ0) is 22.9. The number of hydrogen-bond acceptors (Lipinski definition) is 8. The molecule has 0 unspecified atom stereocenters. The lowest BCUT2D eigenvalue weighted by Crippen LogP contribution is -2.37. The molecule has 1 aliphatic heterocycles. The van der Waals surface area contributed by atoms with Crippen molar-refractivity contribution in [2.45, 2.75) is 25.8 Å². The average Bonchev–Trinajstić information content (AvgIpc) is 3.45. The SMILES string of the molecule is COCCN(C)C(=O)[C@H]1CCc2c(sc3ncnc(Nc4cc5c(cc4OC)CN=C5)c23)C1. The summed E-state index contributed by atoms with van der Waals surface area (Å²) in [6.07, 6.45) is 5.88. The monoisotopic (exact) mass is 465 g/mol. The minimum absolute atomic E-state index is 0.00659. The first-order chi connectivity index (χ1) is 16.1. The molecule has 0 spiro atoms. The van der Waals surface area contributed by atoms with Crippen LogP contribution < -0.4 is 10.1 Å². The second-order valence-electron chi connectivity index (χ2n) is 8.44. The molecule has 2 aliphatic rings. The van der Waals surface area contributed by atoms with Crippen molar-refractivity contribution in [3.8, 4) is 5.75 Å². The first-order valence-electron chi connectivity index (χ1n) is 11.1. The van der Waals surface area contributed by atoms with Crippen LogP contribution in [-0.2, 0) is 28.9 Å². The normalized spacial score (nSPS) is 16.5. The van der Waals surface area contributed by atoms with E-state index < -0.39 is 0 Å². The van der Waals surface area contributed by atoms with E-state index in [1.54, 1.807) is 36.8 Å². The van der Waals surface area contributed by atoms with Crippen LogP contribution in [0.2, 0.25) is 0 Å². The van der Waals surface area contributed by atoms with Gasteiger partial charge in [-0.25, -0.2) is 9.97 Å². The molecule has 0 radical (unpaired) electrons. The van der Waals surface area contributed by atoms with Crippen LogP contribution in [0.5, 0.6) is 5.75 Å². The van der Waals surface area contributed by atoms with E-state index in [2.05, 4.69) is 26.3 Å². The lowest BCUT2D eigenvalue weighted by molar-refractivity contribution is -0.135. The van der Waals surface area contributed by atoms with Crippen LogP contribution in [0.15, 0.2) is 23.5 Å². The Labute approximate surface area is 196 Å². The highest BCUT2D eigenvalue weighted by Gasteiger charge is 2.30. The van der Waals surface area contributed by atoms with E-state index in [1.165, 1.54) is 10.4 Å². The van der Waals surface area contributed by atoms with Crippen LogP contribution in [0.25, 0.3) is 10.2 Å². The number of aryl methyl sites for hydroxylation is 1. The second kappa shape index (κ2) is 9.07. The summed E-state index contributed by atoms with van der Waals surface area (Å²) in [6.45, 7) is 1.84. The maximum absolute atomic E-state index is 12.9. The molecule has 0 saturated heterocycles. The number of benzene rings is 1. The van der Waals surface area contributed by atoms with E-state index in [4.69, 9.17) is 9.47 Å². The second-order valence-corrected chi connectivity index (χ2v) is 9.53. The van der Waals surface area contributed by atoms with Crippen molar-refractivity contribution >= 4 is 45.2 Å². The van der Waals surface area contributed by atoms with Gasteiger partial charge in [-0.15, -0.1) is 11.3 Å². The summed E-state index contributed by atoms with van der Waals surface area (Å²) in [5.41, 5.74) is 4.36. The fraction of sp³-hybridized carbons (Fsp3) is 0.417. The molecule has 2 aromatic heterocycles. The van der Waals surface area contributed by atoms with Gasteiger partial charge in [-0.2, -0.15) is 0 Å². The lowest BCUT2D eigenvalue weighted by atomic mass is 9.87. The molecule has 33 heavy (non-hydrogen) atoms. The van der Waals surface area contributed by atoms with Gasteiger partial charge < -0.3 is 19.7 Å². The molecular formula is C24H27N5O3S. The van der Waals surface area contributed by atoms with E-state index in [9.17, 15) is 4.79 Å². The molecule has 0 bridgehead atoms. The van der Waals surface area contributed by atoms with Gasteiger partial charge in [0.1, 0.15) is 22.7 Å². The van der Waals surface area contributed by atoms with E-state index in [1.807, 2.05) is 19.3 Å². The van der Waals surface area contributed by atoms with Crippen molar-refractivity contribution in [3.63, 3.8) is 0 Å². The average molecular weight is 466 g/mol. The Balaban J connectivity index is 1.44. The molecule has 1 N–H and O–H groups in total. The van der Waals surface area contributed by atoms with Crippen LogP contribution in [0.4, 0.5) is 11.5 Å². The zero-order valence-electron chi connectivity index (χ0n) is 19.1. The molecule has 1 aromatic carbocycles. The Morgan fingerprint density at radius 2 is 2.18 bits per heavy atom. The third-order valence-corrected chi connectivity index (χ3v) is 7.57. The molecule has 5 rings (SSSR count). The van der Waals surface area contributed by atoms with Crippen LogP contribution in [0.1, 0.15) is 28.0 Å². The minimum atomic E-state index is -0.00659. The van der Waals surface area contributed by atoms with Crippen molar-refractivity contribution in [2.75, 3.05) is 39.7 Å². The number of carbonyl (C=O) groups excluding carboxylic acids is 1. The molecule has 3 aromatic rings. The van der Waals surface area contributed by atoms with Gasteiger partial charge in [-0.1, -0.05) is 0 Å². The molecular weight excluding hydrogens is 438 g/mol. The third kappa shape index (κ3) is 4.06. The van der Waals surface area contributed by atoms with Gasteiger partial charge in [-0.3, -0.25) is 9.79 Å². The number of rotatable bonds is 7. The van der Waals surface area contributed by atoms with Crippen LogP contribution in [0.3, 0.4) is 0 Å². The zero-order valence-corrected chi connectivity index (χ0v) is 19.9. The number of ether oxygens (including phenoxy) is 2. The van der Waals surface area contributed by atoms with Gasteiger partial charge in [0.15, 0.2) is 0 Å². The number of hydrogen-bond donors (Lipinski definition) is 1. The molecule has 1 aliphatic carbocycles. The number of aliphatic imine (C=N–C) groups is 1. The maximum atomic E-state index is 12.9. The number of thiophene rings is 1. The molecule has 1 amide bonds. The minimum Gasteiger partial charge on any atom is -0.495 e. The summed E-state index contributed by atoms with van der Waals surface area (Å²) >= 11 is 1.67. The fourth-order valence-electron chi connectivity index (χ4n) is 4.60. The first-order valence-corrected chi connectivity index (χ1v) is 11.9. The van der Waals surface area contributed by atoms with E-state index >= 15 is 0 Å². The summed E-state index contributed by atoms with van der Waals surface area (Å²) in [5.74, 6) is 1.71. The van der Waals surface area contributed by atoms with Crippen molar-refractivity contribution in [1.29, 1.82) is 0 Å². The van der Waals surface area contributed by atoms with Crippen molar-refractivity contribution in [2.24, 2.45) is 10.9 Å². The first kappa shape index (κ1) is 21.8. The number of carbonyl (C=O) groups is 1. The Hall–Kier alpha value is -3.04. The van der Waals surface area contributed by atoms with E-state index in [-0.39, 0.29) is 11.8 Å². The van der Waals surface area contributed by atoms with Gasteiger partial charge in [0.25, 0.3) is 0 Å². The molecule has 0 saturated carbocycles. The predicted molar refractivity (Wildman–Crippen MR) is 130 cm³/mol. The maximum Gasteiger partial charge on any atom is 0.225 e. The van der Waals surface area contributed by atoms with Gasteiger partial charge >= 0.3 is 0 Å². The largest absolute Gasteiger partial charge is 0.495 e. The summed E-state index contributed by atoms with van der Waals surface area (Å²) in [6, 6.07) is 4.09. The number of nitrogens with one attached hydrogen (secondary N) is 1. The standard InChI is InChI=1S/C24H27N5O3S/c1-29(6-7-31-2)24(30)14-4-5-17-20(10-14)33-23-21(17)22(26-13-27-23)28-18-8-15-11-25-12-16(15)9-19(18)32-3/h8-9,11,13-14H,4-7,10,12H2,1-3H3,(H,26,27,28)/t14-/m0/s1. The van der Waals surface area contributed by atoms with Gasteiger partial charge in [0.2, 0.25) is 5.91 Å². The summed E-state index contributed by atoms with van der Waals surface area (Å²) in [4.78, 5) is 30.3. The Morgan fingerprint density at radius 3 is 3.00 bits per heavy atom. The number of anilines is 2. The highest BCUT2D eigenvalue weighted by molar-refractivity contribution is 7.19. The number of amides is 1. The quantitative estimate of drug-likeness (QED) is 0.574. The summed E-state index contributed by atoms with van der Waals surface area (Å²) in [5, 5.41) is 4.54. The van der Waals surface area contributed by atoms with Gasteiger partial charge in [0.05, 0.1) is 31.3 Å². The molecule has 1 atom stereocenters. The van der Waals surface area contributed by atoms with Crippen molar-refractivity contribution in [1.82, 2.24) is 14.9 Å². The van der Waals surface area contributed by atoms with Crippen LogP contribution in [0, 0.1) is 5.92 Å². The van der Waals surface area contributed by atoms with Gasteiger partial charge in [-0.05, 0) is 48.1 Å². The number of aromatic nitrogens is 2. The van der Waals surface area contributed by atoms with Gasteiger partial charge in [0, 0.05) is 37.7 Å². The molecule has 9 heteroatoms. The number of fused-ring (bicyclic) bond motifs is 4. The Morgan fingerprint density at radius 1 is 1.30 bits per heavy atom. The number of nitrogens with zero attached hydrogens (tertiary/aromatic N) is 4. The van der Waals surface area contributed by atoms with Crippen LogP contribution >= 0.6 is 11.3 Å². The highest BCUT2D eigenvalue weighted by atomic mass is 32.1. The van der Waals surface area contributed by atoms with E-state index in [0.717, 1.165) is 57.9 Å². The third-order valence-electron chi connectivity index (χ3n) is 6.41. The number of methoxy groups -OCH3 is 2. The summed E-state index contributed by atoms with van der Waals surface area (Å²) in [7, 11) is 5.18. The topological polar surface area (TPSA) is 88.9 Å². The highest BCUT2D eigenvalue weighted by Crippen LogP contribution is 2.42. The predicted octanol–water partition coefficient (Wildman–Crippen LogP) is 3.59. The molecule has 0 fully saturated rings. The smallest absolute Gasteiger partial charge is 0.225 e. The molecule has 8 nitrogen and oxygen atoms in total. The molecule has 3 heterocycles. The van der Waals surface area contributed by atoms with Crippen LogP contribution in [-0.4, -0.2) is 61.4 Å². The van der Waals surface area contributed by atoms with Crippen molar-refractivity contribution in [3.05, 3.63) is 40.0 Å². The lowest BCUT2D eigenvalue weighted by Gasteiger charge is -2.26. The summed E-state index contributed by atoms with van der Waals surface area (Å²) < 4.78 is 10.7. The fourth-order valence-corrected chi connectivity index (χ4v) is 5.87. The molecule has 172 valence electrons. The Bertz CT molecular complexity index is 1240. The van der Waals surface area contributed by atoms with E-state index in [0.29, 0.717) is 19.7 Å².